The van der Waals surface area contributed by atoms with Gasteiger partial charge in [-0.25, -0.2) is 0 Å². The number of fused-ring (bicyclic) bond motifs is 1. The topological polar surface area (TPSA) is 24.4 Å². The molecular formula is C18H22N2S. The van der Waals surface area contributed by atoms with Gasteiger partial charge in [-0.05, 0) is 28.8 Å². The molecule has 1 heterocycles. The van der Waals surface area contributed by atoms with Gasteiger partial charge in [-0.15, -0.1) is 0 Å². The van der Waals surface area contributed by atoms with Crippen molar-refractivity contribution in [2.45, 2.75) is 31.9 Å². The summed E-state index contributed by atoms with van der Waals surface area (Å²) < 4.78 is 0. The highest BCUT2D eigenvalue weighted by Gasteiger charge is 2.25. The van der Waals surface area contributed by atoms with Gasteiger partial charge in [0.1, 0.15) is 0 Å². The van der Waals surface area contributed by atoms with Gasteiger partial charge in [-0.2, -0.15) is 0 Å². The monoisotopic (exact) mass is 298 g/mol. The summed E-state index contributed by atoms with van der Waals surface area (Å²) in [4.78, 5) is 4.68. The fourth-order valence-corrected chi connectivity index (χ4v) is 4.25. The van der Waals surface area contributed by atoms with E-state index in [1.165, 1.54) is 23.6 Å². The second-order valence-electron chi connectivity index (χ2n) is 5.57. The van der Waals surface area contributed by atoms with E-state index in [4.69, 9.17) is 0 Å². The van der Waals surface area contributed by atoms with E-state index in [1.807, 2.05) is 11.8 Å². The molecule has 1 aliphatic rings. The van der Waals surface area contributed by atoms with E-state index in [0.717, 1.165) is 23.3 Å². The fraction of sp³-hybridized carbons (Fsp3) is 0.389. The standard InChI is InChI=1S/C18H22N2S/c1-3-13(4-2)17-12-19-18(21-17)20-16-10-9-14-7-5-6-8-15(14)11-16/h5-11,13,17H,3-4,12H2,1-2H3,(H,19,20). The Labute approximate surface area is 131 Å². The number of nitrogens with one attached hydrogen (secondary N) is 1. The van der Waals surface area contributed by atoms with Gasteiger partial charge in [0.25, 0.3) is 0 Å². The van der Waals surface area contributed by atoms with Gasteiger partial charge in [0, 0.05) is 10.9 Å². The van der Waals surface area contributed by atoms with Gasteiger partial charge in [0.05, 0.1) is 6.54 Å². The first kappa shape index (κ1) is 14.5. The van der Waals surface area contributed by atoms with Gasteiger partial charge in [-0.1, -0.05) is 68.8 Å². The van der Waals surface area contributed by atoms with Crippen molar-refractivity contribution in [3.63, 3.8) is 0 Å². The molecule has 0 spiro atoms. The van der Waals surface area contributed by atoms with Crippen molar-refractivity contribution in [2.24, 2.45) is 10.9 Å². The lowest BCUT2D eigenvalue weighted by atomic mass is 9.99. The van der Waals surface area contributed by atoms with Crippen LogP contribution in [0.15, 0.2) is 47.5 Å². The third-order valence-electron chi connectivity index (χ3n) is 4.25. The SMILES string of the molecule is CCC(CC)C1CN=C(Nc2ccc3ccccc3c2)S1. The molecule has 0 saturated heterocycles. The molecule has 21 heavy (non-hydrogen) atoms. The molecule has 0 aromatic heterocycles. The van der Waals surface area contributed by atoms with Crippen LogP contribution in [0.25, 0.3) is 10.8 Å². The van der Waals surface area contributed by atoms with Crippen LogP contribution in [0.2, 0.25) is 0 Å². The number of benzene rings is 2. The molecule has 1 unspecified atom stereocenters. The van der Waals surface area contributed by atoms with Crippen LogP contribution in [-0.2, 0) is 0 Å². The maximum Gasteiger partial charge on any atom is 0.161 e. The minimum absolute atomic E-state index is 0.642. The van der Waals surface area contributed by atoms with Crippen molar-refractivity contribution in [1.82, 2.24) is 0 Å². The normalized spacial score (nSPS) is 18.2. The zero-order valence-electron chi connectivity index (χ0n) is 12.7. The summed E-state index contributed by atoms with van der Waals surface area (Å²) in [6, 6.07) is 14.9. The van der Waals surface area contributed by atoms with Gasteiger partial charge in [0.2, 0.25) is 0 Å². The summed E-state index contributed by atoms with van der Waals surface area (Å²) in [5, 5.41) is 7.74. The summed E-state index contributed by atoms with van der Waals surface area (Å²) in [6.07, 6.45) is 2.49. The van der Waals surface area contributed by atoms with Crippen LogP contribution in [0.5, 0.6) is 0 Å². The smallest absolute Gasteiger partial charge is 0.161 e. The Morgan fingerprint density at radius 1 is 1.14 bits per heavy atom. The van der Waals surface area contributed by atoms with Gasteiger partial charge < -0.3 is 5.32 Å². The van der Waals surface area contributed by atoms with Crippen molar-refractivity contribution >= 4 is 33.4 Å². The molecular weight excluding hydrogens is 276 g/mol. The first-order valence-electron chi connectivity index (χ1n) is 7.77. The number of hydrogen-bond donors (Lipinski definition) is 1. The molecule has 1 aliphatic heterocycles. The Morgan fingerprint density at radius 3 is 2.67 bits per heavy atom. The van der Waals surface area contributed by atoms with Crippen LogP contribution in [0.3, 0.4) is 0 Å². The summed E-state index contributed by atoms with van der Waals surface area (Å²) in [5.74, 6) is 0.773. The zero-order valence-corrected chi connectivity index (χ0v) is 13.5. The van der Waals surface area contributed by atoms with Crippen LogP contribution >= 0.6 is 11.8 Å². The lowest BCUT2D eigenvalue weighted by Gasteiger charge is -2.18. The molecule has 3 rings (SSSR count). The maximum absolute atomic E-state index is 4.68. The van der Waals surface area contributed by atoms with Crippen molar-refractivity contribution in [3.8, 4) is 0 Å². The Morgan fingerprint density at radius 2 is 1.90 bits per heavy atom. The van der Waals surface area contributed by atoms with Crippen molar-refractivity contribution in [3.05, 3.63) is 42.5 Å². The molecule has 0 radical (unpaired) electrons. The van der Waals surface area contributed by atoms with E-state index in [-0.39, 0.29) is 0 Å². The lowest BCUT2D eigenvalue weighted by molar-refractivity contribution is 0.479. The van der Waals surface area contributed by atoms with Crippen molar-refractivity contribution in [2.75, 3.05) is 11.9 Å². The predicted octanol–water partition coefficient (Wildman–Crippen LogP) is 5.16. The minimum Gasteiger partial charge on any atom is -0.335 e. The molecule has 1 atom stereocenters. The third kappa shape index (κ3) is 3.24. The van der Waals surface area contributed by atoms with E-state index in [9.17, 15) is 0 Å². The van der Waals surface area contributed by atoms with Crippen molar-refractivity contribution < 1.29 is 0 Å². The highest BCUT2D eigenvalue weighted by Crippen LogP contribution is 2.32. The third-order valence-corrected chi connectivity index (χ3v) is 5.54. The average molecular weight is 298 g/mol. The Kier molecular flexibility index (Phi) is 4.49. The maximum atomic E-state index is 4.68. The number of nitrogens with zero attached hydrogens (tertiary/aromatic N) is 1. The van der Waals surface area contributed by atoms with Crippen LogP contribution < -0.4 is 5.32 Å². The first-order valence-corrected chi connectivity index (χ1v) is 8.65. The second-order valence-corrected chi connectivity index (χ2v) is 6.79. The summed E-state index contributed by atoms with van der Waals surface area (Å²) in [5.41, 5.74) is 1.13. The molecule has 2 nitrogen and oxygen atoms in total. The highest BCUT2D eigenvalue weighted by atomic mass is 32.2. The van der Waals surface area contributed by atoms with E-state index >= 15 is 0 Å². The van der Waals surface area contributed by atoms with Crippen LogP contribution in [0, 0.1) is 5.92 Å². The molecule has 0 fully saturated rings. The largest absolute Gasteiger partial charge is 0.335 e. The molecule has 0 saturated carbocycles. The molecule has 2 aromatic rings. The minimum atomic E-state index is 0.642. The summed E-state index contributed by atoms with van der Waals surface area (Å²) in [7, 11) is 0. The molecule has 2 aromatic carbocycles. The van der Waals surface area contributed by atoms with E-state index < -0.39 is 0 Å². The van der Waals surface area contributed by atoms with Gasteiger partial charge in [0.15, 0.2) is 5.17 Å². The van der Waals surface area contributed by atoms with E-state index in [2.05, 4.69) is 66.6 Å². The Bertz CT molecular complexity index is 646. The average Bonchev–Trinajstić information content (AvgIpc) is 2.97. The molecule has 0 amide bonds. The fourth-order valence-electron chi connectivity index (χ4n) is 2.91. The molecule has 1 N–H and O–H groups in total. The Hall–Kier alpha value is -1.48. The quantitative estimate of drug-likeness (QED) is 0.843. The molecule has 0 bridgehead atoms. The Balaban J connectivity index is 1.69. The van der Waals surface area contributed by atoms with Crippen molar-refractivity contribution in [1.29, 1.82) is 0 Å². The number of anilines is 1. The summed E-state index contributed by atoms with van der Waals surface area (Å²) in [6.45, 7) is 5.51. The van der Waals surface area contributed by atoms with Gasteiger partial charge in [-0.3, -0.25) is 4.99 Å². The number of aliphatic imine (C=N–C) groups is 1. The molecule has 3 heteroatoms. The van der Waals surface area contributed by atoms with E-state index in [0.29, 0.717) is 5.25 Å². The van der Waals surface area contributed by atoms with Gasteiger partial charge >= 0.3 is 0 Å². The van der Waals surface area contributed by atoms with Crippen LogP contribution in [0.4, 0.5) is 5.69 Å². The highest BCUT2D eigenvalue weighted by molar-refractivity contribution is 8.15. The number of rotatable bonds is 4. The predicted molar refractivity (Wildman–Crippen MR) is 95.3 cm³/mol. The second kappa shape index (κ2) is 6.52. The summed E-state index contributed by atoms with van der Waals surface area (Å²) >= 11 is 1.91. The lowest BCUT2D eigenvalue weighted by Crippen LogP contribution is -2.17. The first-order chi connectivity index (χ1) is 10.3. The molecule has 0 aliphatic carbocycles. The van der Waals surface area contributed by atoms with E-state index in [1.54, 1.807) is 0 Å². The molecule has 110 valence electrons. The zero-order chi connectivity index (χ0) is 14.7. The van der Waals surface area contributed by atoms with Crippen LogP contribution in [-0.4, -0.2) is 17.0 Å². The number of thioether (sulfide) groups is 1. The number of hydrogen-bond acceptors (Lipinski definition) is 3. The van der Waals surface area contributed by atoms with Crippen LogP contribution in [0.1, 0.15) is 26.7 Å². The number of amidine groups is 1.